The number of carbonyl (C=O) groups excluding carboxylic acids is 1. The highest BCUT2D eigenvalue weighted by molar-refractivity contribution is 5.95. The summed E-state index contributed by atoms with van der Waals surface area (Å²) in [5.41, 5.74) is 2.41. The van der Waals surface area contributed by atoms with Gasteiger partial charge in [-0.1, -0.05) is 25.1 Å². The van der Waals surface area contributed by atoms with Crippen LogP contribution in [-0.4, -0.2) is 23.9 Å². The second-order valence-electron chi connectivity index (χ2n) is 7.29. The van der Waals surface area contributed by atoms with E-state index in [1.54, 1.807) is 6.07 Å². The van der Waals surface area contributed by atoms with E-state index in [1.807, 2.05) is 19.1 Å². The molecular formula is C21H25N3O3. The smallest absolute Gasteiger partial charge is 0.270 e. The van der Waals surface area contributed by atoms with Gasteiger partial charge in [0, 0.05) is 36.5 Å². The Bertz CT molecular complexity index is 820. The highest BCUT2D eigenvalue weighted by Crippen LogP contribution is 2.25. The number of nitro benzene ring substituents is 1. The summed E-state index contributed by atoms with van der Waals surface area (Å²) in [6, 6.07) is 13.9. The van der Waals surface area contributed by atoms with Crippen LogP contribution in [0.5, 0.6) is 0 Å². The van der Waals surface area contributed by atoms with Crippen molar-refractivity contribution < 1.29 is 9.72 Å². The second-order valence-corrected chi connectivity index (χ2v) is 7.29. The number of nitro groups is 1. The third-order valence-corrected chi connectivity index (χ3v) is 5.08. The minimum atomic E-state index is -0.500. The molecule has 1 aliphatic heterocycles. The van der Waals surface area contributed by atoms with Gasteiger partial charge in [-0.2, -0.15) is 0 Å². The van der Waals surface area contributed by atoms with Crippen molar-refractivity contribution in [2.75, 3.05) is 18.0 Å². The number of anilines is 1. The molecule has 0 aromatic heterocycles. The first-order valence-electron chi connectivity index (χ1n) is 9.34. The molecule has 0 aliphatic carbocycles. The Kier molecular flexibility index (Phi) is 5.74. The van der Waals surface area contributed by atoms with Gasteiger partial charge in [0.1, 0.15) is 0 Å². The zero-order valence-corrected chi connectivity index (χ0v) is 15.7. The van der Waals surface area contributed by atoms with Crippen molar-refractivity contribution in [3.63, 3.8) is 0 Å². The number of rotatable bonds is 5. The summed E-state index contributed by atoms with van der Waals surface area (Å²) >= 11 is 0. The number of non-ortho nitro benzene ring substituents is 1. The third kappa shape index (κ3) is 4.64. The molecule has 0 saturated carbocycles. The lowest BCUT2D eigenvalue weighted by molar-refractivity contribution is -0.384. The molecule has 1 saturated heterocycles. The standard InChI is InChI=1S/C21H25N3O3/c1-15-5-4-12-23(14-15)19-10-8-17(9-11-19)16(2)22-21(25)18-6-3-7-20(13-18)24(26)27/h3,6-11,13,15-16H,4-5,12,14H2,1-2H3,(H,22,25)/t15-,16+/m1/s1. The van der Waals surface area contributed by atoms with Crippen molar-refractivity contribution in [2.45, 2.75) is 32.7 Å². The van der Waals surface area contributed by atoms with E-state index in [1.165, 1.54) is 36.7 Å². The van der Waals surface area contributed by atoms with Gasteiger partial charge in [0.2, 0.25) is 0 Å². The number of piperidine rings is 1. The number of carbonyl (C=O) groups is 1. The van der Waals surface area contributed by atoms with Crippen LogP contribution in [0, 0.1) is 16.0 Å². The van der Waals surface area contributed by atoms with Gasteiger partial charge < -0.3 is 10.2 Å². The number of hydrogen-bond acceptors (Lipinski definition) is 4. The lowest BCUT2D eigenvalue weighted by atomic mass is 9.99. The molecule has 1 aliphatic rings. The Balaban J connectivity index is 1.65. The summed E-state index contributed by atoms with van der Waals surface area (Å²) in [7, 11) is 0. The monoisotopic (exact) mass is 367 g/mol. The quantitative estimate of drug-likeness (QED) is 0.631. The highest BCUT2D eigenvalue weighted by Gasteiger charge is 2.18. The first-order chi connectivity index (χ1) is 12.9. The molecular weight excluding hydrogens is 342 g/mol. The molecule has 0 unspecified atom stereocenters. The number of amides is 1. The maximum Gasteiger partial charge on any atom is 0.270 e. The molecule has 0 bridgehead atoms. The molecule has 142 valence electrons. The zero-order chi connectivity index (χ0) is 19.4. The van der Waals surface area contributed by atoms with Crippen molar-refractivity contribution in [1.29, 1.82) is 0 Å². The molecule has 3 rings (SSSR count). The maximum absolute atomic E-state index is 12.4. The van der Waals surface area contributed by atoms with Crippen molar-refractivity contribution in [2.24, 2.45) is 5.92 Å². The van der Waals surface area contributed by atoms with Gasteiger partial charge in [-0.3, -0.25) is 14.9 Å². The Labute approximate surface area is 159 Å². The third-order valence-electron chi connectivity index (χ3n) is 5.08. The van der Waals surface area contributed by atoms with E-state index in [4.69, 9.17) is 0 Å². The summed E-state index contributed by atoms with van der Waals surface area (Å²) in [5, 5.41) is 13.8. The minimum Gasteiger partial charge on any atom is -0.371 e. The second kappa shape index (κ2) is 8.20. The summed E-state index contributed by atoms with van der Waals surface area (Å²) < 4.78 is 0. The van der Waals surface area contributed by atoms with Crippen molar-refractivity contribution in [1.82, 2.24) is 5.32 Å². The Morgan fingerprint density at radius 1 is 1.26 bits per heavy atom. The molecule has 2 aromatic rings. The van der Waals surface area contributed by atoms with Crippen LogP contribution in [0.4, 0.5) is 11.4 Å². The largest absolute Gasteiger partial charge is 0.371 e. The van der Waals surface area contributed by atoms with Gasteiger partial charge in [0.05, 0.1) is 11.0 Å². The predicted octanol–water partition coefficient (Wildman–Crippen LogP) is 4.32. The number of nitrogens with zero attached hydrogens (tertiary/aromatic N) is 2. The van der Waals surface area contributed by atoms with E-state index in [2.05, 4.69) is 29.3 Å². The molecule has 1 N–H and O–H groups in total. The molecule has 6 heteroatoms. The summed E-state index contributed by atoms with van der Waals surface area (Å²) in [6.45, 7) is 6.36. The van der Waals surface area contributed by atoms with E-state index >= 15 is 0 Å². The van der Waals surface area contributed by atoms with Crippen molar-refractivity contribution in [3.8, 4) is 0 Å². The van der Waals surface area contributed by atoms with Crippen LogP contribution in [0.2, 0.25) is 0 Å². The first-order valence-corrected chi connectivity index (χ1v) is 9.34. The molecule has 0 spiro atoms. The van der Waals surface area contributed by atoms with Crippen molar-refractivity contribution in [3.05, 3.63) is 69.8 Å². The lowest BCUT2D eigenvalue weighted by Gasteiger charge is -2.33. The number of benzene rings is 2. The van der Waals surface area contributed by atoms with Crippen LogP contribution in [0.1, 0.15) is 48.7 Å². The fourth-order valence-corrected chi connectivity index (χ4v) is 3.52. The fraction of sp³-hybridized carbons (Fsp3) is 0.381. The minimum absolute atomic E-state index is 0.0876. The van der Waals surface area contributed by atoms with Crippen LogP contribution < -0.4 is 10.2 Å². The van der Waals surface area contributed by atoms with E-state index in [0.717, 1.165) is 18.7 Å². The van der Waals surface area contributed by atoms with Crippen LogP contribution >= 0.6 is 0 Å². The first kappa shape index (κ1) is 18.9. The Morgan fingerprint density at radius 2 is 2.00 bits per heavy atom. The van der Waals surface area contributed by atoms with E-state index < -0.39 is 4.92 Å². The fourth-order valence-electron chi connectivity index (χ4n) is 3.52. The highest BCUT2D eigenvalue weighted by atomic mass is 16.6. The lowest BCUT2D eigenvalue weighted by Crippen LogP contribution is -2.34. The van der Waals surface area contributed by atoms with Crippen LogP contribution in [0.3, 0.4) is 0 Å². The number of hydrogen-bond donors (Lipinski definition) is 1. The molecule has 2 atom stereocenters. The van der Waals surface area contributed by atoms with Gasteiger partial charge in [0.25, 0.3) is 11.6 Å². The maximum atomic E-state index is 12.4. The zero-order valence-electron chi connectivity index (χ0n) is 15.7. The van der Waals surface area contributed by atoms with Gasteiger partial charge in [-0.15, -0.1) is 0 Å². The SMILES string of the molecule is C[C@@H]1CCCN(c2ccc([C@H](C)NC(=O)c3cccc([N+](=O)[O-])c3)cc2)C1. The Morgan fingerprint density at radius 3 is 2.67 bits per heavy atom. The molecule has 2 aromatic carbocycles. The predicted molar refractivity (Wildman–Crippen MR) is 106 cm³/mol. The summed E-state index contributed by atoms with van der Waals surface area (Å²) in [4.78, 5) is 25.2. The molecule has 0 radical (unpaired) electrons. The van der Waals surface area contributed by atoms with Crippen molar-refractivity contribution >= 4 is 17.3 Å². The van der Waals surface area contributed by atoms with Crippen LogP contribution in [0.25, 0.3) is 0 Å². The molecule has 1 amide bonds. The van der Waals surface area contributed by atoms with Gasteiger partial charge >= 0.3 is 0 Å². The van der Waals surface area contributed by atoms with E-state index in [0.29, 0.717) is 5.92 Å². The molecule has 1 heterocycles. The van der Waals surface area contributed by atoms with E-state index in [9.17, 15) is 14.9 Å². The summed E-state index contributed by atoms with van der Waals surface area (Å²) in [6.07, 6.45) is 2.51. The average molecular weight is 367 g/mol. The van der Waals surface area contributed by atoms with Crippen LogP contribution in [0.15, 0.2) is 48.5 Å². The summed E-state index contributed by atoms with van der Waals surface area (Å²) in [5.74, 6) is 0.395. The van der Waals surface area contributed by atoms with Crippen LogP contribution in [-0.2, 0) is 0 Å². The van der Waals surface area contributed by atoms with Gasteiger partial charge in [-0.25, -0.2) is 0 Å². The molecule has 6 nitrogen and oxygen atoms in total. The molecule has 1 fully saturated rings. The normalized spacial score (nSPS) is 18.0. The van der Waals surface area contributed by atoms with E-state index in [-0.39, 0.29) is 23.2 Å². The van der Waals surface area contributed by atoms with Gasteiger partial charge in [-0.05, 0) is 49.4 Å². The topological polar surface area (TPSA) is 75.5 Å². The number of nitrogens with one attached hydrogen (secondary N) is 1. The molecule has 27 heavy (non-hydrogen) atoms. The van der Waals surface area contributed by atoms with Gasteiger partial charge in [0.15, 0.2) is 0 Å². The average Bonchev–Trinajstić information content (AvgIpc) is 2.68. The Hall–Kier alpha value is -2.89.